The lowest BCUT2D eigenvalue weighted by Gasteiger charge is -2.28. The number of carbonyl (C=O) groups excluding carboxylic acids is 15. The van der Waals surface area contributed by atoms with E-state index in [-0.39, 0.29) is 18.5 Å². The number of aliphatic carboxylic acids is 1. The molecule has 2 aliphatic rings. The lowest BCUT2D eigenvalue weighted by molar-refractivity contribution is -0.696. The predicted molar refractivity (Wildman–Crippen MR) is 377 cm³/mol. The first kappa shape index (κ1) is 85.6. The summed E-state index contributed by atoms with van der Waals surface area (Å²) in [6.07, 6.45) is -7.70. The number of amides is 14. The molecule has 6 rings (SSSR count). The first-order valence-electron chi connectivity index (χ1n) is 33.8. The number of fused-ring (bicyclic) bond motifs is 2. The molecular formula is C69H87BrN16O22. The van der Waals surface area contributed by atoms with Gasteiger partial charge in [-0.2, -0.15) is 0 Å². The molecule has 38 nitrogen and oxygen atoms in total. The molecule has 0 saturated carbocycles. The second-order valence-corrected chi connectivity index (χ2v) is 26.4. The number of carboxylic acid groups (broad SMARTS) is 1. The van der Waals surface area contributed by atoms with E-state index in [9.17, 15) is 108 Å². The minimum Gasteiger partial charge on any atom is -0.548 e. The molecule has 582 valence electrons. The lowest BCUT2D eigenvalue weighted by Crippen LogP contribution is -2.64. The van der Waals surface area contributed by atoms with Gasteiger partial charge in [-0.3, -0.25) is 67.1 Å². The molecule has 4 bridgehead atoms. The average molecular weight is 1570 g/mol. The summed E-state index contributed by atoms with van der Waals surface area (Å²) < 4.78 is 1.88. The zero-order valence-corrected chi connectivity index (χ0v) is 59.9. The zero-order chi connectivity index (χ0) is 79.5. The summed E-state index contributed by atoms with van der Waals surface area (Å²) in [6.45, 7) is -1.27. The van der Waals surface area contributed by atoms with Crippen LogP contribution in [0.3, 0.4) is 0 Å². The molecule has 4 aromatic rings. The van der Waals surface area contributed by atoms with Crippen molar-refractivity contribution in [3.05, 3.63) is 142 Å². The summed E-state index contributed by atoms with van der Waals surface area (Å²) in [6, 6.07) is 0.840. The molecule has 108 heavy (non-hydrogen) atoms. The van der Waals surface area contributed by atoms with E-state index in [1.165, 1.54) is 18.2 Å². The van der Waals surface area contributed by atoms with E-state index in [2.05, 4.69) is 79.4 Å². The van der Waals surface area contributed by atoms with E-state index in [1.807, 2.05) is 5.32 Å². The molecule has 0 fully saturated rings. The third-order valence-electron chi connectivity index (χ3n) is 16.8. The number of aromatic amines is 1. The second kappa shape index (κ2) is 41.5. The van der Waals surface area contributed by atoms with E-state index < -0.39 is 244 Å². The van der Waals surface area contributed by atoms with Crippen molar-refractivity contribution >= 4 is 111 Å². The molecule has 0 spiro atoms. The first-order chi connectivity index (χ1) is 51.2. The highest BCUT2D eigenvalue weighted by atomic mass is 79.9. The van der Waals surface area contributed by atoms with Crippen molar-refractivity contribution in [2.45, 2.75) is 163 Å². The Morgan fingerprint density at radius 3 is 1.71 bits per heavy atom. The number of hydrogen-bond acceptors (Lipinski definition) is 22. The number of carbonyl (C=O) groups is 15. The Hall–Kier alpha value is -11.4. The van der Waals surface area contributed by atoms with E-state index in [1.54, 1.807) is 91.9 Å². The van der Waals surface area contributed by atoms with E-state index in [4.69, 9.17) is 11.5 Å². The molecule has 0 unspecified atom stereocenters. The van der Waals surface area contributed by atoms with Crippen LogP contribution in [0.1, 0.15) is 68.3 Å². The largest absolute Gasteiger partial charge is 0.548 e. The predicted octanol–water partition coefficient (Wildman–Crippen LogP) is -9.65. The van der Waals surface area contributed by atoms with Crippen molar-refractivity contribution in [3.63, 3.8) is 0 Å². The minimum atomic E-state index is -2.65. The first-order valence-corrected chi connectivity index (χ1v) is 34.6. The number of H-pyrrole nitrogens is 1. The van der Waals surface area contributed by atoms with E-state index in [0.29, 0.717) is 16.7 Å². The third-order valence-corrected chi connectivity index (χ3v) is 17.3. The summed E-state index contributed by atoms with van der Waals surface area (Å²) in [5.74, 6) is -20.3. The van der Waals surface area contributed by atoms with Crippen LogP contribution >= 0.6 is 15.9 Å². The van der Waals surface area contributed by atoms with Crippen molar-refractivity contribution in [2.24, 2.45) is 11.5 Å². The van der Waals surface area contributed by atoms with Crippen LogP contribution in [-0.2, 0) is 97.7 Å². The van der Waals surface area contributed by atoms with Crippen LogP contribution in [0.25, 0.3) is 6.08 Å². The molecule has 0 aliphatic carbocycles. The highest BCUT2D eigenvalue weighted by molar-refractivity contribution is 9.10. The quantitative estimate of drug-likeness (QED) is 0.0366. The van der Waals surface area contributed by atoms with Crippen molar-refractivity contribution in [1.29, 1.82) is 0 Å². The van der Waals surface area contributed by atoms with Gasteiger partial charge in [0.2, 0.25) is 89.0 Å². The number of nitrogens with zero attached hydrogens (tertiary/aromatic N) is 1. The minimum absolute atomic E-state index is 0.0865. The van der Waals surface area contributed by atoms with Crippen LogP contribution in [0.5, 0.6) is 0 Å². The maximum absolute atomic E-state index is 14.9. The number of aliphatic hydroxyl groups excluding tert-OH is 6. The van der Waals surface area contributed by atoms with Gasteiger partial charge in [0.1, 0.15) is 72.8 Å². The third kappa shape index (κ3) is 27.2. The number of aromatic nitrogens is 2. The fourth-order valence-electron chi connectivity index (χ4n) is 11.1. The summed E-state index contributed by atoms with van der Waals surface area (Å²) >= 11 is 3.37. The van der Waals surface area contributed by atoms with Crippen LogP contribution in [0.4, 0.5) is 0 Å². The molecule has 0 saturated heterocycles. The Labute approximate surface area is 624 Å². The fraction of sp³-hybridized carbons (Fsp3) is 0.420. The van der Waals surface area contributed by atoms with Gasteiger partial charge >= 0.3 is 0 Å². The molecule has 23 N–H and O–H groups in total. The van der Waals surface area contributed by atoms with E-state index >= 15 is 0 Å². The molecule has 14 amide bonds. The highest BCUT2D eigenvalue weighted by Crippen LogP contribution is 2.16. The van der Waals surface area contributed by atoms with Crippen LogP contribution < -0.4 is 84.9 Å². The number of rotatable bonds is 16. The second-order valence-electron chi connectivity index (χ2n) is 25.5. The van der Waals surface area contributed by atoms with Gasteiger partial charge in [0.15, 0.2) is 6.10 Å². The number of primary amides is 2. The van der Waals surface area contributed by atoms with Crippen molar-refractivity contribution in [3.8, 4) is 0 Å². The number of imidazole rings is 1. The zero-order valence-electron chi connectivity index (χ0n) is 58.3. The normalized spacial score (nSPS) is 25.5. The van der Waals surface area contributed by atoms with Crippen molar-refractivity contribution in [1.82, 2.24) is 68.8 Å². The average Bonchev–Trinajstić information content (AvgIpc) is 1.20. The summed E-state index contributed by atoms with van der Waals surface area (Å²) in [5, 5.41) is 107. The van der Waals surface area contributed by atoms with Gasteiger partial charge in [-0.1, -0.05) is 113 Å². The number of allylic oxidation sites excluding steroid dienone is 2. The van der Waals surface area contributed by atoms with Crippen molar-refractivity contribution in [2.75, 3.05) is 19.8 Å². The van der Waals surface area contributed by atoms with Gasteiger partial charge in [-0.05, 0) is 49.1 Å². The molecule has 15 atom stereocenters. The molecule has 3 aromatic carbocycles. The van der Waals surface area contributed by atoms with E-state index in [0.717, 1.165) is 34.1 Å². The van der Waals surface area contributed by atoms with Gasteiger partial charge in [-0.15, -0.1) is 0 Å². The van der Waals surface area contributed by atoms with Crippen molar-refractivity contribution < 1.29 is 112 Å². The molecule has 0 radical (unpaired) electrons. The number of hydrogen-bond donors (Lipinski definition) is 21. The van der Waals surface area contributed by atoms with Gasteiger partial charge in [0.05, 0.1) is 62.4 Å². The SMILES string of the molecule is CC(/C=C/c1ccc(Br)cc1)=C\[C@H](O)[C@@H]1CC(=O)N[C@@H](CO)C(=O)N[C@@H]2C[n+]3c[nH]c(c3)C[C@H](NC(=O)C[C@H](O)C[C@@H](C(=O)[O-])NC(=O)CCNC(=O)[C@H](Cc3ccccc3)NC(=O)[C@H]([C@@H](O)C(N)=O)NC(=O)[C@H](CC(N)=O)NC2=O)C(=O)N[C@@H]([C@H](C)O)C(=O)N[C@@H](CO)C(=O)N[C@@H](Cc2ccccc2)C(=O)N1. The summed E-state index contributed by atoms with van der Waals surface area (Å²) in [4.78, 5) is 212. The fourth-order valence-corrected chi connectivity index (χ4v) is 11.3. The topological polar surface area (TPSA) is 617 Å². The van der Waals surface area contributed by atoms with Crippen LogP contribution in [0.15, 0.2) is 120 Å². The van der Waals surface area contributed by atoms with Gasteiger partial charge in [0.25, 0.3) is 0 Å². The molecule has 39 heteroatoms. The number of nitrogens with two attached hydrogens (primary N) is 2. The van der Waals surface area contributed by atoms with Crippen LogP contribution in [0.2, 0.25) is 0 Å². The number of benzene rings is 3. The maximum atomic E-state index is 14.9. The van der Waals surface area contributed by atoms with Crippen LogP contribution in [-0.4, -0.2) is 235 Å². The number of halogens is 1. The maximum Gasteiger partial charge on any atom is 0.248 e. The van der Waals surface area contributed by atoms with Gasteiger partial charge in [0, 0.05) is 43.1 Å². The molecule has 2 aliphatic heterocycles. The summed E-state index contributed by atoms with van der Waals surface area (Å²) in [5.41, 5.74) is 12.8. The lowest BCUT2D eigenvalue weighted by atomic mass is 10.0. The van der Waals surface area contributed by atoms with Gasteiger partial charge < -0.3 is 116 Å². The standard InChI is InChI=1S/C69H87BrN16O22/c1-34(13-14-36-15-17-39(70)18-16-36)21-51(91)42-28-55(95)77-49(31-87)65(103)82-48-30-86-29-40(74-33-86)24-45(62(100)84-56(35(2)89)67(105)83-50(32-88)66(104)79-44(61(99)78-42)23-38-11-7-4-8-12-38)75-54(94)26-41(90)25-47(69(107)108)76-53(93)19-20-73-60(98)43(22-37-9-5-3-6-10-37)81-68(106)57(58(96)59(72)97)85-63(101)46(27-52(71)92)80-64(48)102/h3-18,21,29,33,35,41-51,56-58,87-91,96H,19-20,22-28,30-32H2,1-2H3,(H17,71,72,73,75,76,77,78,79,80,81,82,83,84,85,92,93,94,95,97,98,99,100,101,102,103,104,105,106,107,108)/b14-13+,34-21+/t35-,41+,42-,43-,44-,45-,46-,47-,48+,49-,50-,51-,56-,57-,58+/m0/s1. The number of aliphatic hydroxyl groups is 6. The van der Waals surface area contributed by atoms with Crippen LogP contribution in [0, 0.1) is 0 Å². The molecule has 3 heterocycles. The molecule has 1 aromatic heterocycles. The Morgan fingerprint density at radius 1 is 0.593 bits per heavy atom. The smallest absolute Gasteiger partial charge is 0.248 e. The Morgan fingerprint density at radius 2 is 1.12 bits per heavy atom. The Balaban J connectivity index is 1.49. The molecular weight excluding hydrogens is 1480 g/mol. The summed E-state index contributed by atoms with van der Waals surface area (Å²) in [7, 11) is 0. The van der Waals surface area contributed by atoms with Gasteiger partial charge in [-0.25, -0.2) is 9.55 Å². The Kier molecular flexibility index (Phi) is 32.9. The Bertz CT molecular complexity index is 3960. The monoisotopic (exact) mass is 1570 g/mol. The highest BCUT2D eigenvalue weighted by Gasteiger charge is 2.41. The number of nitrogens with one attached hydrogen (secondary N) is 13. The number of carboxylic acids is 1.